The van der Waals surface area contributed by atoms with E-state index >= 15 is 0 Å². The summed E-state index contributed by atoms with van der Waals surface area (Å²) in [5, 5.41) is 2.95. The zero-order valence-electron chi connectivity index (χ0n) is 18.6. The van der Waals surface area contributed by atoms with E-state index in [1.165, 1.54) is 24.2 Å². The van der Waals surface area contributed by atoms with Crippen molar-refractivity contribution in [2.24, 2.45) is 4.99 Å². The number of thioether (sulfide) groups is 1. The van der Waals surface area contributed by atoms with Gasteiger partial charge in [-0.25, -0.2) is 9.78 Å². The number of hydrogen-bond donors (Lipinski definition) is 1. The fourth-order valence-corrected chi connectivity index (χ4v) is 4.76. The third-order valence-electron chi connectivity index (χ3n) is 5.51. The maximum Gasteiger partial charge on any atom is 0.338 e. The first-order chi connectivity index (χ1) is 15.9. The highest BCUT2D eigenvalue weighted by molar-refractivity contribution is 8.15. The van der Waals surface area contributed by atoms with Crippen LogP contribution in [0.25, 0.3) is 0 Å². The molecule has 174 valence electrons. The number of aryl methyl sites for hydroxylation is 2. The van der Waals surface area contributed by atoms with Crippen LogP contribution in [0.15, 0.2) is 33.7 Å². The number of anilines is 1. The van der Waals surface area contributed by atoms with Gasteiger partial charge in [-0.05, 0) is 51.3 Å². The van der Waals surface area contributed by atoms with Crippen molar-refractivity contribution in [3.63, 3.8) is 0 Å². The highest BCUT2D eigenvalue weighted by Gasteiger charge is 2.33. The van der Waals surface area contributed by atoms with Gasteiger partial charge in [-0.15, -0.1) is 0 Å². The molecule has 1 atom stereocenters. The van der Waals surface area contributed by atoms with E-state index in [9.17, 15) is 14.4 Å². The van der Waals surface area contributed by atoms with E-state index in [0.717, 1.165) is 36.8 Å². The number of nitrogens with zero attached hydrogens (tertiary/aromatic N) is 3. The molecule has 4 rings (SSSR count). The Kier molecular flexibility index (Phi) is 7.12. The Morgan fingerprint density at radius 2 is 2.03 bits per heavy atom. The van der Waals surface area contributed by atoms with Gasteiger partial charge in [0.2, 0.25) is 11.8 Å². The first-order valence-corrected chi connectivity index (χ1v) is 11.8. The topological polar surface area (TPSA) is 114 Å². The fourth-order valence-electron chi connectivity index (χ4n) is 3.65. The zero-order valence-corrected chi connectivity index (χ0v) is 19.4. The van der Waals surface area contributed by atoms with E-state index in [4.69, 9.17) is 9.15 Å². The Bertz CT molecular complexity index is 1070. The van der Waals surface area contributed by atoms with E-state index in [1.54, 1.807) is 25.1 Å². The van der Waals surface area contributed by atoms with E-state index < -0.39 is 11.2 Å². The molecule has 2 aromatic rings. The molecule has 9 nitrogen and oxygen atoms in total. The van der Waals surface area contributed by atoms with Crippen LogP contribution in [-0.4, -0.2) is 51.2 Å². The highest BCUT2D eigenvalue weighted by Crippen LogP contribution is 2.29. The molecule has 1 fully saturated rings. The van der Waals surface area contributed by atoms with Crippen LogP contribution < -0.4 is 5.32 Å². The van der Waals surface area contributed by atoms with Crippen molar-refractivity contribution in [2.75, 3.05) is 18.4 Å². The van der Waals surface area contributed by atoms with Crippen LogP contribution in [0.3, 0.4) is 0 Å². The number of amides is 2. The summed E-state index contributed by atoms with van der Waals surface area (Å²) in [4.78, 5) is 47.7. The predicted molar refractivity (Wildman–Crippen MR) is 124 cm³/mol. The molecule has 1 saturated heterocycles. The first kappa shape index (κ1) is 23.0. The summed E-state index contributed by atoms with van der Waals surface area (Å²) in [6, 6.07) is 6.46. The summed E-state index contributed by atoms with van der Waals surface area (Å²) in [5.41, 5.74) is 1.48. The number of aliphatic imine (C=N–C) groups is 1. The first-order valence-electron chi connectivity index (χ1n) is 10.9. The van der Waals surface area contributed by atoms with E-state index in [-0.39, 0.29) is 30.4 Å². The zero-order chi connectivity index (χ0) is 23.4. The quantitative estimate of drug-likeness (QED) is 0.639. The number of benzene rings is 1. The SMILES string of the molecule is Cc1nc(COC(=O)c2cccc(NC(=O)CC3SC(N4CCCCC4)=NC3=O)c2)oc1C. The van der Waals surface area contributed by atoms with Crippen molar-refractivity contribution in [1.82, 2.24) is 9.88 Å². The number of likely N-dealkylation sites (tertiary alicyclic amines) is 1. The molecule has 0 bridgehead atoms. The lowest BCUT2D eigenvalue weighted by atomic mass is 10.1. The van der Waals surface area contributed by atoms with Crippen molar-refractivity contribution in [1.29, 1.82) is 0 Å². The number of aromatic nitrogens is 1. The smallest absolute Gasteiger partial charge is 0.338 e. The third kappa shape index (κ3) is 5.81. The Morgan fingerprint density at radius 3 is 2.76 bits per heavy atom. The number of ether oxygens (including phenoxy) is 1. The van der Waals surface area contributed by atoms with Crippen molar-refractivity contribution >= 4 is 40.4 Å². The number of nitrogens with one attached hydrogen (secondary N) is 1. The number of amidine groups is 1. The van der Waals surface area contributed by atoms with Gasteiger partial charge in [0.25, 0.3) is 5.91 Å². The fraction of sp³-hybridized carbons (Fsp3) is 0.435. The number of esters is 1. The van der Waals surface area contributed by atoms with Crippen molar-refractivity contribution < 1.29 is 23.5 Å². The minimum atomic E-state index is -0.555. The van der Waals surface area contributed by atoms with Crippen LogP contribution in [0.1, 0.15) is 53.4 Å². The largest absolute Gasteiger partial charge is 0.452 e. The maximum atomic E-state index is 12.5. The van der Waals surface area contributed by atoms with Crippen molar-refractivity contribution in [3.05, 3.63) is 47.2 Å². The second-order valence-corrected chi connectivity index (χ2v) is 9.22. The van der Waals surface area contributed by atoms with E-state index in [1.807, 2.05) is 6.92 Å². The molecule has 1 N–H and O–H groups in total. The van der Waals surface area contributed by atoms with Gasteiger partial charge in [0.1, 0.15) is 11.0 Å². The van der Waals surface area contributed by atoms with Crippen LogP contribution in [0.5, 0.6) is 0 Å². The van der Waals surface area contributed by atoms with E-state index in [0.29, 0.717) is 17.3 Å². The van der Waals surface area contributed by atoms with E-state index in [2.05, 4.69) is 20.2 Å². The summed E-state index contributed by atoms with van der Waals surface area (Å²) in [6.45, 7) is 5.32. The molecular formula is C23H26N4O5S. The summed E-state index contributed by atoms with van der Waals surface area (Å²) >= 11 is 1.36. The van der Waals surface area contributed by atoms with Crippen LogP contribution in [-0.2, 0) is 20.9 Å². The van der Waals surface area contributed by atoms with Gasteiger partial charge >= 0.3 is 5.97 Å². The second kappa shape index (κ2) is 10.2. The molecule has 33 heavy (non-hydrogen) atoms. The van der Waals surface area contributed by atoms with Crippen LogP contribution in [0.2, 0.25) is 0 Å². The predicted octanol–water partition coefficient (Wildman–Crippen LogP) is 3.46. The molecule has 3 heterocycles. The summed E-state index contributed by atoms with van der Waals surface area (Å²) in [5.74, 6) is -0.135. The average molecular weight is 471 g/mol. The minimum Gasteiger partial charge on any atom is -0.452 e. The summed E-state index contributed by atoms with van der Waals surface area (Å²) < 4.78 is 10.7. The molecule has 1 unspecified atom stereocenters. The number of hydrogen-bond acceptors (Lipinski definition) is 8. The van der Waals surface area contributed by atoms with Crippen molar-refractivity contribution in [3.8, 4) is 0 Å². The summed E-state index contributed by atoms with van der Waals surface area (Å²) in [7, 11) is 0. The molecule has 0 spiro atoms. The Balaban J connectivity index is 1.29. The molecule has 0 radical (unpaired) electrons. The van der Waals surface area contributed by atoms with Crippen LogP contribution >= 0.6 is 11.8 Å². The number of carbonyl (C=O) groups excluding carboxylic acids is 3. The Morgan fingerprint density at radius 1 is 1.24 bits per heavy atom. The second-order valence-electron chi connectivity index (χ2n) is 8.05. The van der Waals surface area contributed by atoms with Gasteiger partial charge in [-0.3, -0.25) is 9.59 Å². The molecule has 10 heteroatoms. The average Bonchev–Trinajstić information content (AvgIpc) is 3.33. The molecule has 2 aliphatic heterocycles. The monoisotopic (exact) mass is 470 g/mol. The number of oxazole rings is 1. The van der Waals surface area contributed by atoms with Gasteiger partial charge < -0.3 is 19.4 Å². The number of rotatable bonds is 6. The van der Waals surface area contributed by atoms with Gasteiger partial charge in [0.15, 0.2) is 11.8 Å². The van der Waals surface area contributed by atoms with Crippen LogP contribution in [0.4, 0.5) is 5.69 Å². The highest BCUT2D eigenvalue weighted by atomic mass is 32.2. The molecule has 0 saturated carbocycles. The van der Waals surface area contributed by atoms with Crippen molar-refractivity contribution in [2.45, 2.75) is 51.4 Å². The Labute approximate surface area is 196 Å². The standard InChI is InChI=1S/C23H26N4O5S/c1-14-15(2)32-20(24-14)13-31-22(30)16-7-6-8-17(11-16)25-19(28)12-18-21(29)26-23(33-18)27-9-4-3-5-10-27/h6-8,11,18H,3-5,9-10,12-13H2,1-2H3,(H,25,28). The van der Waals surface area contributed by atoms with Gasteiger partial charge in [0.05, 0.1) is 11.3 Å². The lowest BCUT2D eigenvalue weighted by Gasteiger charge is -2.27. The molecule has 2 aliphatic rings. The van der Waals surface area contributed by atoms with Gasteiger partial charge in [-0.2, -0.15) is 4.99 Å². The third-order valence-corrected chi connectivity index (χ3v) is 6.72. The number of piperidine rings is 1. The van der Waals surface area contributed by atoms with Crippen LogP contribution in [0, 0.1) is 13.8 Å². The van der Waals surface area contributed by atoms with Gasteiger partial charge in [0, 0.05) is 25.2 Å². The summed E-state index contributed by atoms with van der Waals surface area (Å²) in [6.07, 6.45) is 3.39. The minimum absolute atomic E-state index is 0.0158. The normalized spacial score (nSPS) is 18.2. The van der Waals surface area contributed by atoms with Gasteiger partial charge in [-0.1, -0.05) is 17.8 Å². The lowest BCUT2D eigenvalue weighted by Crippen LogP contribution is -2.33. The lowest BCUT2D eigenvalue weighted by molar-refractivity contribution is -0.121. The molecule has 0 aliphatic carbocycles. The number of carbonyl (C=O) groups is 3. The molecule has 1 aromatic carbocycles. The maximum absolute atomic E-state index is 12.5. The molecule has 2 amide bonds. The molecular weight excluding hydrogens is 444 g/mol. The molecule has 1 aromatic heterocycles. The Hall–Kier alpha value is -3.14.